The molecule has 3 rings (SSSR count). The number of ether oxygens (including phenoxy) is 1. The molecular formula is C13H20ClN5O. The Balaban J connectivity index is 1.65. The van der Waals surface area contributed by atoms with E-state index in [-0.39, 0.29) is 11.4 Å². The van der Waals surface area contributed by atoms with Crippen molar-refractivity contribution in [2.24, 2.45) is 0 Å². The lowest BCUT2D eigenvalue weighted by molar-refractivity contribution is 0.120. The Kier molecular flexibility index (Phi) is 4.52. The van der Waals surface area contributed by atoms with Crippen molar-refractivity contribution in [1.82, 2.24) is 15.0 Å². The van der Waals surface area contributed by atoms with Gasteiger partial charge in [0.2, 0.25) is 17.2 Å². The predicted molar refractivity (Wildman–Crippen MR) is 78.4 cm³/mol. The van der Waals surface area contributed by atoms with Crippen molar-refractivity contribution in [2.45, 2.75) is 38.2 Å². The van der Waals surface area contributed by atoms with Crippen LogP contribution in [-0.2, 0) is 4.74 Å². The third-order valence-corrected chi connectivity index (χ3v) is 3.92. The first-order valence-electron chi connectivity index (χ1n) is 7.33. The van der Waals surface area contributed by atoms with E-state index in [0.717, 1.165) is 39.1 Å². The third kappa shape index (κ3) is 3.49. The van der Waals surface area contributed by atoms with Gasteiger partial charge in [-0.3, -0.25) is 0 Å². The van der Waals surface area contributed by atoms with Crippen LogP contribution in [0.25, 0.3) is 0 Å². The summed E-state index contributed by atoms with van der Waals surface area (Å²) in [7, 11) is 0. The summed E-state index contributed by atoms with van der Waals surface area (Å²) in [5, 5.41) is 3.45. The fourth-order valence-corrected chi connectivity index (χ4v) is 2.82. The molecule has 0 aliphatic carbocycles. The van der Waals surface area contributed by atoms with Gasteiger partial charge in [-0.25, -0.2) is 0 Å². The van der Waals surface area contributed by atoms with Gasteiger partial charge in [-0.15, -0.1) is 0 Å². The van der Waals surface area contributed by atoms with Crippen LogP contribution in [0.5, 0.6) is 0 Å². The summed E-state index contributed by atoms with van der Waals surface area (Å²) < 4.78 is 5.57. The number of halogens is 1. The van der Waals surface area contributed by atoms with Crippen LogP contribution in [0.2, 0.25) is 5.28 Å². The van der Waals surface area contributed by atoms with E-state index >= 15 is 0 Å². The normalized spacial score (nSPS) is 23.1. The maximum atomic E-state index is 6.00. The standard InChI is InChI=1S/C13H20ClN5O/c14-11-16-12(15-9-10-5-4-8-20-10)18-13(17-11)19-6-2-1-3-7-19/h10H,1-9H2,(H,15,16,17,18). The highest BCUT2D eigenvalue weighted by molar-refractivity contribution is 6.28. The molecule has 0 aromatic carbocycles. The van der Waals surface area contributed by atoms with Gasteiger partial charge in [0.05, 0.1) is 6.10 Å². The smallest absolute Gasteiger partial charge is 0.231 e. The van der Waals surface area contributed by atoms with Crippen LogP contribution in [0.15, 0.2) is 0 Å². The molecule has 0 saturated carbocycles. The molecule has 2 aliphatic heterocycles. The second-order valence-corrected chi connectivity index (χ2v) is 5.63. The van der Waals surface area contributed by atoms with Crippen LogP contribution < -0.4 is 10.2 Å². The molecule has 7 heteroatoms. The Morgan fingerprint density at radius 3 is 2.75 bits per heavy atom. The summed E-state index contributed by atoms with van der Waals surface area (Å²) in [4.78, 5) is 15.0. The number of hydrogen-bond acceptors (Lipinski definition) is 6. The molecule has 2 fully saturated rings. The van der Waals surface area contributed by atoms with Crippen molar-refractivity contribution in [3.63, 3.8) is 0 Å². The van der Waals surface area contributed by atoms with Crippen LogP contribution >= 0.6 is 11.6 Å². The number of piperidine rings is 1. The highest BCUT2D eigenvalue weighted by Gasteiger charge is 2.18. The Labute approximate surface area is 123 Å². The maximum Gasteiger partial charge on any atom is 0.231 e. The molecule has 0 spiro atoms. The molecule has 1 aromatic heterocycles. The van der Waals surface area contributed by atoms with Gasteiger partial charge in [-0.05, 0) is 43.7 Å². The van der Waals surface area contributed by atoms with Gasteiger partial charge < -0.3 is 15.0 Å². The van der Waals surface area contributed by atoms with E-state index in [9.17, 15) is 0 Å². The number of nitrogens with zero attached hydrogens (tertiary/aromatic N) is 4. The molecule has 2 aliphatic rings. The van der Waals surface area contributed by atoms with Crippen LogP contribution in [0, 0.1) is 0 Å². The van der Waals surface area contributed by atoms with Gasteiger partial charge in [0.1, 0.15) is 0 Å². The maximum absolute atomic E-state index is 6.00. The average molecular weight is 298 g/mol. The summed E-state index contributed by atoms with van der Waals surface area (Å²) in [5.41, 5.74) is 0. The van der Waals surface area contributed by atoms with E-state index in [0.29, 0.717) is 11.9 Å². The van der Waals surface area contributed by atoms with Gasteiger partial charge in [-0.1, -0.05) is 0 Å². The van der Waals surface area contributed by atoms with E-state index in [4.69, 9.17) is 16.3 Å². The molecule has 0 bridgehead atoms. The number of aromatic nitrogens is 3. The van der Waals surface area contributed by atoms with Gasteiger partial charge in [0.25, 0.3) is 0 Å². The molecule has 1 N–H and O–H groups in total. The molecule has 20 heavy (non-hydrogen) atoms. The zero-order chi connectivity index (χ0) is 13.8. The second-order valence-electron chi connectivity index (χ2n) is 5.29. The van der Waals surface area contributed by atoms with E-state index < -0.39 is 0 Å². The van der Waals surface area contributed by atoms with Crippen molar-refractivity contribution in [3.8, 4) is 0 Å². The predicted octanol–water partition coefficient (Wildman–Crippen LogP) is 2.11. The van der Waals surface area contributed by atoms with E-state index in [1.54, 1.807) is 0 Å². The van der Waals surface area contributed by atoms with Gasteiger partial charge in [0, 0.05) is 26.2 Å². The fourth-order valence-electron chi connectivity index (χ4n) is 2.66. The molecule has 1 atom stereocenters. The molecule has 1 unspecified atom stereocenters. The molecule has 0 radical (unpaired) electrons. The van der Waals surface area contributed by atoms with Crippen molar-refractivity contribution in [2.75, 3.05) is 36.5 Å². The van der Waals surface area contributed by atoms with E-state index in [1.165, 1.54) is 19.3 Å². The average Bonchev–Trinajstić information content (AvgIpc) is 2.99. The minimum atomic E-state index is 0.246. The summed E-state index contributed by atoms with van der Waals surface area (Å²) in [5.74, 6) is 1.22. The van der Waals surface area contributed by atoms with Crippen LogP contribution in [0.1, 0.15) is 32.1 Å². The lowest BCUT2D eigenvalue weighted by Crippen LogP contribution is -2.31. The van der Waals surface area contributed by atoms with Crippen molar-refractivity contribution < 1.29 is 4.74 Å². The summed E-state index contributed by atoms with van der Waals surface area (Å²) in [6, 6.07) is 0. The van der Waals surface area contributed by atoms with E-state index in [2.05, 4.69) is 25.2 Å². The SMILES string of the molecule is Clc1nc(NCC2CCCO2)nc(N2CCCCC2)n1. The first kappa shape index (κ1) is 13.8. The number of nitrogens with one attached hydrogen (secondary N) is 1. The lowest BCUT2D eigenvalue weighted by Gasteiger charge is -2.26. The Hall–Kier alpha value is -1.14. The van der Waals surface area contributed by atoms with Crippen molar-refractivity contribution in [3.05, 3.63) is 5.28 Å². The third-order valence-electron chi connectivity index (χ3n) is 3.75. The Morgan fingerprint density at radius 2 is 2.00 bits per heavy atom. The minimum Gasteiger partial charge on any atom is -0.376 e. The Bertz CT molecular complexity index is 446. The quantitative estimate of drug-likeness (QED) is 0.918. The van der Waals surface area contributed by atoms with Crippen molar-refractivity contribution in [1.29, 1.82) is 0 Å². The van der Waals surface area contributed by atoms with Crippen molar-refractivity contribution >= 4 is 23.5 Å². The van der Waals surface area contributed by atoms with Gasteiger partial charge in [-0.2, -0.15) is 15.0 Å². The monoisotopic (exact) mass is 297 g/mol. The number of rotatable bonds is 4. The largest absolute Gasteiger partial charge is 0.376 e. The fraction of sp³-hybridized carbons (Fsp3) is 0.769. The highest BCUT2D eigenvalue weighted by atomic mass is 35.5. The number of hydrogen-bond donors (Lipinski definition) is 1. The summed E-state index contributed by atoms with van der Waals surface area (Å²) in [6.07, 6.45) is 6.11. The lowest BCUT2D eigenvalue weighted by atomic mass is 10.1. The molecule has 6 nitrogen and oxygen atoms in total. The molecule has 3 heterocycles. The Morgan fingerprint density at radius 1 is 1.15 bits per heavy atom. The van der Waals surface area contributed by atoms with E-state index in [1.807, 2.05) is 0 Å². The van der Waals surface area contributed by atoms with Crippen LogP contribution in [0.3, 0.4) is 0 Å². The summed E-state index contributed by atoms with van der Waals surface area (Å²) in [6.45, 7) is 3.56. The highest BCUT2D eigenvalue weighted by Crippen LogP contribution is 2.19. The minimum absolute atomic E-state index is 0.246. The van der Waals surface area contributed by atoms with Gasteiger partial charge >= 0.3 is 0 Å². The molecule has 2 saturated heterocycles. The molecule has 110 valence electrons. The first-order valence-corrected chi connectivity index (χ1v) is 7.71. The number of anilines is 2. The first-order chi connectivity index (χ1) is 9.81. The zero-order valence-electron chi connectivity index (χ0n) is 11.5. The van der Waals surface area contributed by atoms with Crippen LogP contribution in [-0.4, -0.2) is 47.3 Å². The molecule has 1 aromatic rings. The molecule has 0 amide bonds. The van der Waals surface area contributed by atoms with Crippen LogP contribution in [0.4, 0.5) is 11.9 Å². The zero-order valence-corrected chi connectivity index (χ0v) is 12.3. The van der Waals surface area contributed by atoms with Gasteiger partial charge in [0.15, 0.2) is 0 Å². The second kappa shape index (κ2) is 6.54. The summed E-state index contributed by atoms with van der Waals surface area (Å²) >= 11 is 6.00. The topological polar surface area (TPSA) is 63.2 Å². The molecular weight excluding hydrogens is 278 g/mol.